The third kappa shape index (κ3) is 6.67. The van der Waals surface area contributed by atoms with Gasteiger partial charge < -0.3 is 15.0 Å². The maximum absolute atomic E-state index is 12.4. The summed E-state index contributed by atoms with van der Waals surface area (Å²) in [5.41, 5.74) is 0.886. The van der Waals surface area contributed by atoms with E-state index in [1.165, 1.54) is 7.11 Å². The van der Waals surface area contributed by atoms with Crippen LogP contribution in [0.15, 0.2) is 34.2 Å². The summed E-state index contributed by atoms with van der Waals surface area (Å²) in [6.07, 6.45) is 0. The van der Waals surface area contributed by atoms with E-state index >= 15 is 0 Å². The van der Waals surface area contributed by atoms with Crippen LogP contribution in [-0.2, 0) is 21.3 Å². The predicted molar refractivity (Wildman–Crippen MR) is 112 cm³/mol. The Balaban J connectivity index is 2.01. The van der Waals surface area contributed by atoms with E-state index in [2.05, 4.69) is 33.8 Å². The minimum atomic E-state index is -3.54. The number of aliphatic imine (C=N–C) groups is 1. The van der Waals surface area contributed by atoms with Crippen molar-refractivity contribution in [3.63, 3.8) is 0 Å². The number of rotatable bonds is 7. The van der Waals surface area contributed by atoms with Crippen LogP contribution in [0.25, 0.3) is 0 Å². The van der Waals surface area contributed by atoms with Gasteiger partial charge in [-0.2, -0.15) is 11.8 Å². The predicted octanol–water partition coefficient (Wildman–Crippen LogP) is 1.51. The highest BCUT2D eigenvalue weighted by atomic mass is 32.2. The molecule has 0 unspecified atom stereocenters. The van der Waals surface area contributed by atoms with Gasteiger partial charge in [-0.3, -0.25) is 4.99 Å². The molecule has 1 fully saturated rings. The lowest BCUT2D eigenvalue weighted by Crippen LogP contribution is -2.50. The molecule has 0 bridgehead atoms. The third-order valence-electron chi connectivity index (χ3n) is 4.19. The van der Waals surface area contributed by atoms with Gasteiger partial charge in [0.1, 0.15) is 0 Å². The lowest BCUT2D eigenvalue weighted by atomic mass is 10.2. The summed E-state index contributed by atoms with van der Waals surface area (Å²) < 4.78 is 32.3. The molecule has 0 amide bonds. The molecule has 152 valence electrons. The first-order valence-corrected chi connectivity index (χ1v) is 11.4. The van der Waals surface area contributed by atoms with Crippen molar-refractivity contribution in [1.29, 1.82) is 0 Å². The Labute approximate surface area is 167 Å². The molecule has 7 nitrogen and oxygen atoms in total. The fourth-order valence-electron chi connectivity index (χ4n) is 2.89. The van der Waals surface area contributed by atoms with E-state index in [1.807, 2.05) is 17.8 Å². The third-order valence-corrected chi connectivity index (χ3v) is 6.95. The Morgan fingerprint density at radius 2 is 2.19 bits per heavy atom. The molecule has 2 rings (SSSR count). The second-order valence-electron chi connectivity index (χ2n) is 6.97. The van der Waals surface area contributed by atoms with Gasteiger partial charge in [0.05, 0.1) is 11.5 Å². The molecular weight excluding hydrogens is 384 g/mol. The molecule has 9 heteroatoms. The van der Waals surface area contributed by atoms with Crippen LogP contribution in [0, 0.1) is 0 Å². The van der Waals surface area contributed by atoms with Gasteiger partial charge in [0.15, 0.2) is 5.96 Å². The first-order valence-electron chi connectivity index (χ1n) is 8.94. The molecule has 0 aromatic heterocycles. The number of hydrogen-bond acceptors (Lipinski definition) is 5. The van der Waals surface area contributed by atoms with Gasteiger partial charge in [-0.05, 0) is 31.5 Å². The molecule has 27 heavy (non-hydrogen) atoms. The van der Waals surface area contributed by atoms with E-state index < -0.39 is 10.0 Å². The molecule has 1 heterocycles. The van der Waals surface area contributed by atoms with E-state index in [-0.39, 0.29) is 16.2 Å². The Hall–Kier alpha value is -1.29. The molecule has 0 aliphatic carbocycles. The fraction of sp³-hybridized carbons (Fsp3) is 0.611. The second-order valence-corrected chi connectivity index (χ2v) is 10.5. The maximum atomic E-state index is 12.4. The largest absolute Gasteiger partial charge is 0.383 e. The smallest absolute Gasteiger partial charge is 0.240 e. The van der Waals surface area contributed by atoms with Crippen LogP contribution in [0.4, 0.5) is 0 Å². The van der Waals surface area contributed by atoms with Crippen LogP contribution >= 0.6 is 11.8 Å². The molecular formula is C18H30N4O3S2. The fourth-order valence-corrected chi connectivity index (χ4v) is 5.09. The van der Waals surface area contributed by atoms with E-state index in [1.54, 1.807) is 25.2 Å². The van der Waals surface area contributed by atoms with Gasteiger partial charge in [0.25, 0.3) is 0 Å². The van der Waals surface area contributed by atoms with Crippen molar-refractivity contribution >= 4 is 27.7 Å². The summed E-state index contributed by atoms with van der Waals surface area (Å²) >= 11 is 1.97. The summed E-state index contributed by atoms with van der Waals surface area (Å²) in [7, 11) is -0.223. The highest BCUT2D eigenvalue weighted by molar-refractivity contribution is 8.00. The molecule has 0 atom stereocenters. The summed E-state index contributed by atoms with van der Waals surface area (Å²) in [5.74, 6) is 1.91. The van der Waals surface area contributed by atoms with Crippen molar-refractivity contribution in [3.8, 4) is 0 Å². The van der Waals surface area contributed by atoms with Crippen molar-refractivity contribution < 1.29 is 13.2 Å². The van der Waals surface area contributed by atoms with Gasteiger partial charge in [-0.1, -0.05) is 12.1 Å². The molecule has 1 saturated heterocycles. The van der Waals surface area contributed by atoms with Crippen LogP contribution in [0.2, 0.25) is 0 Å². The Morgan fingerprint density at radius 1 is 1.41 bits per heavy atom. The highest BCUT2D eigenvalue weighted by Gasteiger charge is 2.28. The topological polar surface area (TPSA) is 83.0 Å². The number of benzene rings is 1. The Bertz CT molecular complexity index is 751. The number of methoxy groups -OCH3 is 1. The Kier molecular flexibility index (Phi) is 7.96. The van der Waals surface area contributed by atoms with Gasteiger partial charge >= 0.3 is 0 Å². The number of sulfonamides is 1. The first-order chi connectivity index (χ1) is 12.8. The molecule has 1 aromatic rings. The Morgan fingerprint density at radius 3 is 2.85 bits per heavy atom. The number of hydrogen-bond donors (Lipinski definition) is 2. The zero-order valence-electron chi connectivity index (χ0n) is 16.5. The second kappa shape index (κ2) is 9.77. The lowest BCUT2D eigenvalue weighted by Gasteiger charge is -2.39. The average Bonchev–Trinajstić information content (AvgIpc) is 2.62. The van der Waals surface area contributed by atoms with E-state index in [9.17, 15) is 8.42 Å². The average molecular weight is 415 g/mol. The zero-order chi connectivity index (χ0) is 19.9. The number of thioether (sulfide) groups is 1. The van der Waals surface area contributed by atoms with Crippen molar-refractivity contribution in [2.24, 2.45) is 4.99 Å². The lowest BCUT2D eigenvalue weighted by molar-refractivity contribution is 0.204. The zero-order valence-corrected chi connectivity index (χ0v) is 18.1. The van der Waals surface area contributed by atoms with Crippen molar-refractivity contribution in [2.45, 2.75) is 30.0 Å². The van der Waals surface area contributed by atoms with Crippen LogP contribution in [0.5, 0.6) is 0 Å². The molecule has 0 radical (unpaired) electrons. The van der Waals surface area contributed by atoms with Crippen molar-refractivity contribution in [2.75, 3.05) is 46.2 Å². The number of nitrogens with one attached hydrogen (secondary N) is 2. The molecule has 0 saturated carbocycles. The van der Waals surface area contributed by atoms with Crippen molar-refractivity contribution in [1.82, 2.24) is 14.9 Å². The summed E-state index contributed by atoms with van der Waals surface area (Å²) in [6, 6.07) is 6.94. The molecule has 0 spiro atoms. The summed E-state index contributed by atoms with van der Waals surface area (Å²) in [6.45, 7) is 7.45. The van der Waals surface area contributed by atoms with Crippen LogP contribution < -0.4 is 10.0 Å². The van der Waals surface area contributed by atoms with Crippen LogP contribution in [0.1, 0.15) is 19.4 Å². The number of ether oxygens (including phenoxy) is 1. The quantitative estimate of drug-likeness (QED) is 0.400. The minimum absolute atomic E-state index is 0.192. The SMILES string of the molecule is CN=C(NCc1cccc(S(=O)(=O)NCCOC)c1)N1CCSC(C)(C)C1. The maximum Gasteiger partial charge on any atom is 0.240 e. The van der Waals surface area contributed by atoms with Gasteiger partial charge in [0.2, 0.25) is 10.0 Å². The normalized spacial score (nSPS) is 17.8. The summed E-state index contributed by atoms with van der Waals surface area (Å²) in [4.78, 5) is 6.90. The first kappa shape index (κ1) is 22.0. The van der Waals surface area contributed by atoms with E-state index in [0.717, 1.165) is 30.4 Å². The van der Waals surface area contributed by atoms with Gasteiger partial charge in [-0.15, -0.1) is 0 Å². The highest BCUT2D eigenvalue weighted by Crippen LogP contribution is 2.29. The van der Waals surface area contributed by atoms with Gasteiger partial charge in [-0.25, -0.2) is 13.1 Å². The number of guanidine groups is 1. The van der Waals surface area contributed by atoms with E-state index in [4.69, 9.17) is 4.74 Å². The van der Waals surface area contributed by atoms with Gasteiger partial charge in [0, 0.05) is 50.8 Å². The standard InChI is InChI=1S/C18H30N4O3S2/c1-18(2)14-22(9-11-26-18)17(19-3)20-13-15-6-5-7-16(12-15)27(23,24)21-8-10-25-4/h5-7,12,21H,8-11,13-14H2,1-4H3,(H,19,20). The molecule has 2 N–H and O–H groups in total. The van der Waals surface area contributed by atoms with Crippen LogP contribution in [0.3, 0.4) is 0 Å². The molecule has 1 aliphatic heterocycles. The summed E-state index contributed by atoms with van der Waals surface area (Å²) in [5, 5.41) is 3.36. The minimum Gasteiger partial charge on any atom is -0.383 e. The van der Waals surface area contributed by atoms with E-state index in [0.29, 0.717) is 13.2 Å². The van der Waals surface area contributed by atoms with Crippen molar-refractivity contribution in [3.05, 3.63) is 29.8 Å². The van der Waals surface area contributed by atoms with Crippen LogP contribution in [-0.4, -0.2) is 70.2 Å². The monoisotopic (exact) mass is 414 g/mol. The molecule has 1 aliphatic rings. The molecule has 1 aromatic carbocycles. The number of nitrogens with zero attached hydrogens (tertiary/aromatic N) is 2.